The van der Waals surface area contributed by atoms with Crippen LogP contribution in [0, 0.1) is 11.8 Å². The lowest BCUT2D eigenvalue weighted by atomic mass is 9.78. The van der Waals surface area contributed by atoms with Crippen LogP contribution in [0.25, 0.3) is 0 Å². The van der Waals surface area contributed by atoms with Crippen LogP contribution in [0.5, 0.6) is 0 Å². The number of carbonyl (C=O) groups is 1. The Kier molecular flexibility index (Phi) is 3.82. The molecule has 2 aliphatic carbocycles. The summed E-state index contributed by atoms with van der Waals surface area (Å²) in [7, 11) is 0. The van der Waals surface area contributed by atoms with E-state index in [0.29, 0.717) is 17.9 Å². The maximum atomic E-state index is 12.5. The minimum absolute atomic E-state index is 0.116. The minimum Gasteiger partial charge on any atom is -0.349 e. The van der Waals surface area contributed by atoms with E-state index < -0.39 is 0 Å². The number of rotatable bonds is 2. The number of amides is 1. The molecule has 1 aromatic rings. The molecule has 3 atom stereocenters. The minimum atomic E-state index is 0.116. The molecule has 0 bridgehead atoms. The number of benzene rings is 1. The summed E-state index contributed by atoms with van der Waals surface area (Å²) in [6.45, 7) is 4.58. The Labute approximate surface area is 122 Å². The van der Waals surface area contributed by atoms with Gasteiger partial charge in [0.2, 0.25) is 0 Å². The fraction of sp³-hybridized carbons (Fsp3) is 0.611. The van der Waals surface area contributed by atoms with Gasteiger partial charge in [-0.15, -0.1) is 0 Å². The van der Waals surface area contributed by atoms with Crippen LogP contribution in [0.15, 0.2) is 18.2 Å². The predicted octanol–water partition coefficient (Wildman–Crippen LogP) is 3.73. The Balaban J connectivity index is 1.70. The second kappa shape index (κ2) is 5.59. The number of hydrogen-bond acceptors (Lipinski definition) is 1. The molecule has 0 radical (unpaired) electrons. The molecule has 1 fully saturated rings. The zero-order chi connectivity index (χ0) is 14.1. The van der Waals surface area contributed by atoms with E-state index in [-0.39, 0.29) is 5.91 Å². The zero-order valence-electron chi connectivity index (χ0n) is 12.6. The van der Waals surface area contributed by atoms with Crippen molar-refractivity contribution in [2.75, 3.05) is 0 Å². The van der Waals surface area contributed by atoms with E-state index in [1.54, 1.807) is 0 Å². The second-order valence-electron chi connectivity index (χ2n) is 6.68. The molecule has 0 aliphatic heterocycles. The topological polar surface area (TPSA) is 29.1 Å². The normalized spacial score (nSPS) is 29.0. The molecular weight excluding hydrogens is 246 g/mol. The molecule has 3 rings (SSSR count). The molecule has 0 heterocycles. The second-order valence-corrected chi connectivity index (χ2v) is 6.68. The van der Waals surface area contributed by atoms with E-state index in [4.69, 9.17) is 0 Å². The van der Waals surface area contributed by atoms with E-state index in [1.807, 2.05) is 6.07 Å². The van der Waals surface area contributed by atoms with Crippen molar-refractivity contribution in [1.29, 1.82) is 0 Å². The van der Waals surface area contributed by atoms with Crippen molar-refractivity contribution < 1.29 is 4.79 Å². The third kappa shape index (κ3) is 2.61. The molecule has 20 heavy (non-hydrogen) atoms. The van der Waals surface area contributed by atoms with Crippen molar-refractivity contribution in [2.24, 2.45) is 11.8 Å². The van der Waals surface area contributed by atoms with Crippen molar-refractivity contribution in [1.82, 2.24) is 5.32 Å². The summed E-state index contributed by atoms with van der Waals surface area (Å²) < 4.78 is 0. The summed E-state index contributed by atoms with van der Waals surface area (Å²) in [5.74, 6) is 1.42. The molecule has 0 saturated heterocycles. The fourth-order valence-corrected chi connectivity index (χ4v) is 3.75. The molecule has 2 aliphatic rings. The third-order valence-electron chi connectivity index (χ3n) is 5.38. The first-order chi connectivity index (χ1) is 9.65. The summed E-state index contributed by atoms with van der Waals surface area (Å²) in [5, 5.41) is 3.27. The van der Waals surface area contributed by atoms with Gasteiger partial charge < -0.3 is 5.32 Å². The first-order valence-corrected chi connectivity index (χ1v) is 8.08. The molecule has 0 unspecified atom stereocenters. The smallest absolute Gasteiger partial charge is 0.251 e. The molecule has 2 heteroatoms. The SMILES string of the molecule is C[C@@H]1[C@H](C)CCC[C@@H]1NC(=O)c1ccc2c(c1)CCC2. The summed E-state index contributed by atoms with van der Waals surface area (Å²) >= 11 is 0. The van der Waals surface area contributed by atoms with Gasteiger partial charge in [-0.3, -0.25) is 4.79 Å². The molecule has 1 N–H and O–H groups in total. The van der Waals surface area contributed by atoms with Gasteiger partial charge in [-0.1, -0.05) is 32.8 Å². The van der Waals surface area contributed by atoms with Gasteiger partial charge >= 0.3 is 0 Å². The van der Waals surface area contributed by atoms with Crippen LogP contribution in [0.3, 0.4) is 0 Å². The molecular formula is C18H25NO. The Morgan fingerprint density at radius 2 is 1.90 bits per heavy atom. The highest BCUT2D eigenvalue weighted by molar-refractivity contribution is 5.94. The lowest BCUT2D eigenvalue weighted by Crippen LogP contribution is -2.43. The lowest BCUT2D eigenvalue weighted by Gasteiger charge is -2.34. The van der Waals surface area contributed by atoms with Crippen LogP contribution < -0.4 is 5.32 Å². The van der Waals surface area contributed by atoms with Crippen LogP contribution in [0.1, 0.15) is 61.0 Å². The van der Waals surface area contributed by atoms with E-state index in [1.165, 1.54) is 36.8 Å². The maximum absolute atomic E-state index is 12.5. The molecule has 108 valence electrons. The third-order valence-corrected chi connectivity index (χ3v) is 5.38. The van der Waals surface area contributed by atoms with E-state index >= 15 is 0 Å². The average molecular weight is 271 g/mol. The van der Waals surface area contributed by atoms with Gasteiger partial charge in [0.15, 0.2) is 0 Å². The first kappa shape index (κ1) is 13.7. The van der Waals surface area contributed by atoms with Gasteiger partial charge in [-0.2, -0.15) is 0 Å². The number of aryl methyl sites for hydroxylation is 2. The highest BCUT2D eigenvalue weighted by Gasteiger charge is 2.28. The monoisotopic (exact) mass is 271 g/mol. The van der Waals surface area contributed by atoms with Crippen molar-refractivity contribution in [3.8, 4) is 0 Å². The van der Waals surface area contributed by atoms with E-state index in [9.17, 15) is 4.79 Å². The van der Waals surface area contributed by atoms with Crippen LogP contribution in [0.2, 0.25) is 0 Å². The standard InChI is InChI=1S/C18H25NO/c1-12-5-3-8-17(13(12)2)19-18(20)16-10-9-14-6-4-7-15(14)11-16/h9-13,17H,3-8H2,1-2H3,(H,19,20)/t12-,13-,17+/m1/s1. The lowest BCUT2D eigenvalue weighted by molar-refractivity contribution is 0.0891. The molecule has 1 aromatic carbocycles. The first-order valence-electron chi connectivity index (χ1n) is 8.08. The molecule has 0 spiro atoms. The molecule has 1 saturated carbocycles. The predicted molar refractivity (Wildman–Crippen MR) is 81.9 cm³/mol. The largest absolute Gasteiger partial charge is 0.349 e. The van der Waals surface area contributed by atoms with Gasteiger partial charge in [0.25, 0.3) is 5.91 Å². The number of carbonyl (C=O) groups excluding carboxylic acids is 1. The molecule has 2 nitrogen and oxygen atoms in total. The summed E-state index contributed by atoms with van der Waals surface area (Å²) in [5.41, 5.74) is 3.65. The molecule has 0 aromatic heterocycles. The summed E-state index contributed by atoms with van der Waals surface area (Å²) in [4.78, 5) is 12.5. The van der Waals surface area contributed by atoms with Gasteiger partial charge in [-0.25, -0.2) is 0 Å². The average Bonchev–Trinajstić information content (AvgIpc) is 2.91. The van der Waals surface area contributed by atoms with E-state index in [2.05, 4.69) is 31.3 Å². The van der Waals surface area contributed by atoms with Crippen molar-refractivity contribution >= 4 is 5.91 Å². The van der Waals surface area contributed by atoms with Gasteiger partial charge in [0.1, 0.15) is 0 Å². The Morgan fingerprint density at radius 3 is 2.75 bits per heavy atom. The van der Waals surface area contributed by atoms with Gasteiger partial charge in [0, 0.05) is 11.6 Å². The number of fused-ring (bicyclic) bond motifs is 1. The van der Waals surface area contributed by atoms with Crippen LogP contribution in [-0.2, 0) is 12.8 Å². The molecule has 1 amide bonds. The Morgan fingerprint density at radius 1 is 1.10 bits per heavy atom. The van der Waals surface area contributed by atoms with Gasteiger partial charge in [0.05, 0.1) is 0 Å². The zero-order valence-corrected chi connectivity index (χ0v) is 12.6. The van der Waals surface area contributed by atoms with Crippen molar-refractivity contribution in [3.05, 3.63) is 34.9 Å². The fourth-order valence-electron chi connectivity index (χ4n) is 3.75. The van der Waals surface area contributed by atoms with Crippen molar-refractivity contribution in [2.45, 2.75) is 58.4 Å². The number of nitrogens with one attached hydrogen (secondary N) is 1. The van der Waals surface area contributed by atoms with Crippen LogP contribution in [0.4, 0.5) is 0 Å². The van der Waals surface area contributed by atoms with Gasteiger partial charge in [-0.05, 0) is 60.8 Å². The summed E-state index contributed by atoms with van der Waals surface area (Å²) in [6, 6.07) is 6.59. The van der Waals surface area contributed by atoms with E-state index in [0.717, 1.165) is 18.4 Å². The maximum Gasteiger partial charge on any atom is 0.251 e. The quantitative estimate of drug-likeness (QED) is 0.872. The Bertz CT molecular complexity index is 508. The highest BCUT2D eigenvalue weighted by atomic mass is 16.1. The number of hydrogen-bond donors (Lipinski definition) is 1. The van der Waals surface area contributed by atoms with Crippen LogP contribution in [-0.4, -0.2) is 11.9 Å². The van der Waals surface area contributed by atoms with Crippen LogP contribution >= 0.6 is 0 Å². The highest BCUT2D eigenvalue weighted by Crippen LogP contribution is 2.30. The summed E-state index contributed by atoms with van der Waals surface area (Å²) in [6.07, 6.45) is 7.20. The van der Waals surface area contributed by atoms with Crippen molar-refractivity contribution in [3.63, 3.8) is 0 Å². The Hall–Kier alpha value is -1.31.